The topological polar surface area (TPSA) is 128 Å². The van der Waals surface area contributed by atoms with Crippen LogP contribution in [0.25, 0.3) is 21.0 Å². The molecule has 2 N–H and O–H groups in total. The standard InChI is InChI=1S/C27H21N3O4S.C2HF3O2/c1-34-23-22-24(35-25(23)26(32)29-15-17-11-13-28-14-12-17)19-9-5-6-10-20(19)30(27(22)33)16-21(31)18-7-3-2-4-8-18;3-2(4,5)1(6)7/h2-14H,15-16H2,1H3,(H,29,32);(H,6,7). The molecule has 5 aromatic rings. The molecule has 42 heavy (non-hydrogen) atoms. The van der Waals surface area contributed by atoms with E-state index < -0.39 is 12.1 Å². The number of ketones is 1. The monoisotopic (exact) mass is 597 g/mol. The van der Waals surface area contributed by atoms with Crippen LogP contribution in [-0.2, 0) is 17.9 Å². The van der Waals surface area contributed by atoms with Gasteiger partial charge in [-0.1, -0.05) is 48.5 Å². The number of carboxylic acids is 1. The van der Waals surface area contributed by atoms with Crippen molar-refractivity contribution < 1.29 is 37.4 Å². The molecule has 0 aliphatic heterocycles. The Balaban J connectivity index is 0.000000517. The minimum absolute atomic E-state index is 0.123. The lowest BCUT2D eigenvalue weighted by molar-refractivity contribution is -0.192. The fourth-order valence-corrected chi connectivity index (χ4v) is 5.28. The molecule has 0 saturated carbocycles. The van der Waals surface area contributed by atoms with E-state index in [9.17, 15) is 27.6 Å². The predicted octanol–water partition coefficient (Wildman–Crippen LogP) is 5.07. The lowest BCUT2D eigenvalue weighted by Gasteiger charge is -2.11. The number of hydrogen-bond acceptors (Lipinski definition) is 7. The Bertz CT molecular complexity index is 1820. The molecule has 0 atom stereocenters. The summed E-state index contributed by atoms with van der Waals surface area (Å²) in [7, 11) is 1.44. The summed E-state index contributed by atoms with van der Waals surface area (Å²) in [6, 6.07) is 19.9. The third-order valence-electron chi connectivity index (χ3n) is 6.02. The van der Waals surface area contributed by atoms with Crippen LogP contribution in [0.15, 0.2) is 83.9 Å². The number of pyridine rings is 2. The third-order valence-corrected chi connectivity index (χ3v) is 7.22. The first-order chi connectivity index (χ1) is 20.0. The highest BCUT2D eigenvalue weighted by Crippen LogP contribution is 2.39. The van der Waals surface area contributed by atoms with Gasteiger partial charge in [-0.15, -0.1) is 11.3 Å². The Morgan fingerprint density at radius 1 is 1.00 bits per heavy atom. The Hall–Kier alpha value is -5.04. The molecule has 9 nitrogen and oxygen atoms in total. The number of ether oxygens (including phenoxy) is 1. The zero-order valence-electron chi connectivity index (χ0n) is 21.8. The van der Waals surface area contributed by atoms with Crippen LogP contribution in [0.2, 0.25) is 0 Å². The van der Waals surface area contributed by atoms with Gasteiger partial charge >= 0.3 is 12.1 Å². The van der Waals surface area contributed by atoms with Crippen LogP contribution < -0.4 is 15.6 Å². The number of carbonyl (C=O) groups is 3. The Labute approximate surface area is 239 Å². The minimum atomic E-state index is -5.08. The summed E-state index contributed by atoms with van der Waals surface area (Å²) < 4.78 is 39.4. The third kappa shape index (κ3) is 6.47. The molecule has 0 radical (unpaired) electrons. The minimum Gasteiger partial charge on any atom is -0.494 e. The van der Waals surface area contributed by atoms with Gasteiger partial charge in [-0.2, -0.15) is 13.2 Å². The largest absolute Gasteiger partial charge is 0.494 e. The number of alkyl halides is 3. The summed E-state index contributed by atoms with van der Waals surface area (Å²) in [6.07, 6.45) is -1.76. The van der Waals surface area contributed by atoms with Gasteiger partial charge in [-0.3, -0.25) is 23.9 Å². The van der Waals surface area contributed by atoms with E-state index in [1.54, 1.807) is 36.7 Å². The first-order valence-electron chi connectivity index (χ1n) is 12.2. The van der Waals surface area contributed by atoms with Crippen molar-refractivity contribution in [3.8, 4) is 5.75 Å². The number of aromatic nitrogens is 2. The number of rotatable bonds is 7. The van der Waals surface area contributed by atoms with Crippen molar-refractivity contribution in [2.24, 2.45) is 0 Å². The van der Waals surface area contributed by atoms with E-state index in [4.69, 9.17) is 14.6 Å². The lowest BCUT2D eigenvalue weighted by Crippen LogP contribution is -2.25. The normalized spacial score (nSPS) is 11.0. The average Bonchev–Trinajstić information content (AvgIpc) is 3.39. The molecule has 3 aromatic heterocycles. The highest BCUT2D eigenvalue weighted by atomic mass is 32.1. The number of para-hydroxylation sites is 1. The molecule has 0 unspecified atom stereocenters. The van der Waals surface area contributed by atoms with E-state index in [0.717, 1.165) is 10.9 Å². The zero-order valence-corrected chi connectivity index (χ0v) is 22.7. The van der Waals surface area contributed by atoms with Gasteiger partial charge in [0.15, 0.2) is 11.5 Å². The van der Waals surface area contributed by atoms with E-state index in [1.807, 2.05) is 42.5 Å². The van der Waals surface area contributed by atoms with Gasteiger partial charge in [0, 0.05) is 29.9 Å². The number of halogens is 3. The number of nitrogens with zero attached hydrogens (tertiary/aromatic N) is 2. The number of Topliss-reactive ketones (excluding diaryl/α,β-unsaturated/α-hetero) is 1. The van der Waals surface area contributed by atoms with Crippen LogP contribution in [0.5, 0.6) is 5.75 Å². The average molecular weight is 598 g/mol. The van der Waals surface area contributed by atoms with Crippen molar-refractivity contribution in [2.45, 2.75) is 19.3 Å². The van der Waals surface area contributed by atoms with Crippen LogP contribution in [0.1, 0.15) is 25.6 Å². The number of carbonyl (C=O) groups excluding carboxylic acids is 2. The highest BCUT2D eigenvalue weighted by Gasteiger charge is 2.38. The van der Waals surface area contributed by atoms with Crippen molar-refractivity contribution in [3.05, 3.63) is 105 Å². The molecule has 1 amide bonds. The van der Waals surface area contributed by atoms with Crippen LogP contribution in [0, 0.1) is 0 Å². The van der Waals surface area contributed by atoms with E-state index in [1.165, 1.54) is 23.0 Å². The van der Waals surface area contributed by atoms with Gasteiger partial charge < -0.3 is 15.2 Å². The van der Waals surface area contributed by atoms with E-state index in [-0.39, 0.29) is 29.5 Å². The molecule has 0 aliphatic carbocycles. The van der Waals surface area contributed by atoms with E-state index in [2.05, 4.69) is 10.3 Å². The first-order valence-corrected chi connectivity index (χ1v) is 13.0. The second kappa shape index (κ2) is 12.6. The maximum Gasteiger partial charge on any atom is 0.490 e. The number of hydrogen-bond donors (Lipinski definition) is 2. The lowest BCUT2D eigenvalue weighted by atomic mass is 10.1. The fourth-order valence-electron chi connectivity index (χ4n) is 4.07. The molecule has 0 fully saturated rings. The van der Waals surface area contributed by atoms with E-state index in [0.29, 0.717) is 32.6 Å². The van der Waals surface area contributed by atoms with Crippen LogP contribution in [-0.4, -0.2) is 45.6 Å². The van der Waals surface area contributed by atoms with Crippen molar-refractivity contribution in [3.63, 3.8) is 0 Å². The maximum absolute atomic E-state index is 13.7. The Kier molecular flexibility index (Phi) is 9.01. The number of amides is 1. The number of fused-ring (bicyclic) bond motifs is 3. The summed E-state index contributed by atoms with van der Waals surface area (Å²) >= 11 is 1.21. The summed E-state index contributed by atoms with van der Waals surface area (Å²) in [4.78, 5) is 53.0. The fraction of sp³-hybridized carbons (Fsp3) is 0.138. The second-order valence-corrected chi connectivity index (χ2v) is 9.73. The summed E-state index contributed by atoms with van der Waals surface area (Å²) in [6.45, 7) is 0.192. The molecule has 2 aromatic carbocycles. The summed E-state index contributed by atoms with van der Waals surface area (Å²) in [5.74, 6) is -3.06. The number of thiophene rings is 1. The molecule has 13 heteroatoms. The molecule has 216 valence electrons. The Morgan fingerprint density at radius 2 is 1.62 bits per heavy atom. The molecule has 0 bridgehead atoms. The van der Waals surface area contributed by atoms with E-state index >= 15 is 0 Å². The summed E-state index contributed by atoms with van der Waals surface area (Å²) in [5, 5.41) is 11.1. The SMILES string of the molecule is COc1c(C(=O)NCc2ccncc2)sc2c1c(=O)n(CC(=O)c1ccccc1)c1ccccc21.O=C(O)C(F)(F)F. The number of carboxylic acid groups (broad SMARTS) is 1. The van der Waals surface area contributed by atoms with Gasteiger partial charge in [0.05, 0.1) is 23.9 Å². The smallest absolute Gasteiger partial charge is 0.490 e. The molecule has 0 aliphatic rings. The summed E-state index contributed by atoms with van der Waals surface area (Å²) in [5.41, 5.74) is 1.68. The zero-order chi connectivity index (χ0) is 30.4. The van der Waals surface area contributed by atoms with Crippen molar-refractivity contribution >= 4 is 50.0 Å². The number of benzene rings is 2. The molecule has 0 spiro atoms. The van der Waals surface area contributed by atoms with Gasteiger partial charge in [0.1, 0.15) is 10.3 Å². The number of aliphatic carboxylic acids is 1. The van der Waals surface area contributed by atoms with Crippen molar-refractivity contribution in [1.29, 1.82) is 0 Å². The molecular weight excluding hydrogens is 575 g/mol. The molecule has 3 heterocycles. The van der Waals surface area contributed by atoms with Crippen LogP contribution in [0.3, 0.4) is 0 Å². The van der Waals surface area contributed by atoms with Crippen molar-refractivity contribution in [2.75, 3.05) is 7.11 Å². The van der Waals surface area contributed by atoms with Crippen LogP contribution in [0.4, 0.5) is 13.2 Å². The molecule has 5 rings (SSSR count). The Morgan fingerprint density at radius 3 is 2.24 bits per heavy atom. The van der Waals surface area contributed by atoms with Crippen molar-refractivity contribution in [1.82, 2.24) is 14.9 Å². The van der Waals surface area contributed by atoms with Gasteiger partial charge in [0.25, 0.3) is 11.5 Å². The molecule has 0 saturated heterocycles. The highest BCUT2D eigenvalue weighted by molar-refractivity contribution is 7.22. The number of methoxy groups -OCH3 is 1. The van der Waals surface area contributed by atoms with Gasteiger partial charge in [-0.05, 0) is 23.8 Å². The number of nitrogens with one attached hydrogen (secondary N) is 1. The van der Waals surface area contributed by atoms with Crippen LogP contribution >= 0.6 is 11.3 Å². The maximum atomic E-state index is 13.7. The van der Waals surface area contributed by atoms with Gasteiger partial charge in [-0.25, -0.2) is 4.79 Å². The van der Waals surface area contributed by atoms with Gasteiger partial charge in [0.2, 0.25) is 0 Å². The quantitative estimate of drug-likeness (QED) is 0.251. The molecular formula is C29H22F3N3O6S. The predicted molar refractivity (Wildman–Crippen MR) is 150 cm³/mol. The first kappa shape index (κ1) is 29.9. The second-order valence-electron chi connectivity index (χ2n) is 8.71.